The average molecular weight is 640 g/mol. The van der Waals surface area contributed by atoms with Crippen molar-refractivity contribution in [2.75, 3.05) is 85.8 Å². The van der Waals surface area contributed by atoms with Gasteiger partial charge in [-0.1, -0.05) is 0 Å². The molecule has 2 aromatic carbocycles. The monoisotopic (exact) mass is 639 g/mol. The van der Waals surface area contributed by atoms with Crippen LogP contribution >= 0.6 is 0 Å². The molecule has 1 amide bonds. The number of methoxy groups -OCH3 is 3. The molecular weight excluding hydrogens is 594 g/mol. The van der Waals surface area contributed by atoms with E-state index in [0.717, 1.165) is 57.7 Å². The molecule has 0 aromatic heterocycles. The van der Waals surface area contributed by atoms with Crippen LogP contribution in [0.5, 0.6) is 23.0 Å². The number of benzene rings is 2. The normalized spacial score (nSPS) is 22.7. The summed E-state index contributed by atoms with van der Waals surface area (Å²) in [6.07, 6.45) is 3.45. The van der Waals surface area contributed by atoms with Crippen LogP contribution in [0.2, 0.25) is 0 Å². The van der Waals surface area contributed by atoms with E-state index in [-0.39, 0.29) is 18.4 Å². The fourth-order valence-electron chi connectivity index (χ4n) is 6.28. The maximum atomic E-state index is 13.5. The lowest BCUT2D eigenvalue weighted by Crippen LogP contribution is -2.34. The van der Waals surface area contributed by atoms with Gasteiger partial charge in [-0.15, -0.1) is 0 Å². The Labute approximate surface area is 270 Å². The SMILES string of the molecule is COc1cc(C(=O)OC2CCCOc3cc(cc(OC)c3OC)C(=O)OCCCN3CCCN(CC2)CC3)cc2c1CC(=O)N2C. The Kier molecular flexibility index (Phi) is 11.2. The first-order chi connectivity index (χ1) is 22.3. The van der Waals surface area contributed by atoms with Crippen molar-refractivity contribution in [1.82, 2.24) is 9.80 Å². The number of rotatable bonds is 5. The number of fused-ring (bicyclic) bond motifs is 6. The maximum Gasteiger partial charge on any atom is 0.338 e. The van der Waals surface area contributed by atoms with Crippen LogP contribution in [0.3, 0.4) is 0 Å². The number of carbonyl (C=O) groups is 3. The molecule has 250 valence electrons. The van der Waals surface area contributed by atoms with Crippen LogP contribution < -0.4 is 23.8 Å². The number of carbonyl (C=O) groups excluding carboxylic acids is 3. The molecule has 1 fully saturated rings. The molecule has 0 aliphatic carbocycles. The summed E-state index contributed by atoms with van der Waals surface area (Å²) in [5.74, 6) is 0.669. The molecule has 3 aliphatic rings. The second-order valence-corrected chi connectivity index (χ2v) is 11.8. The number of nitrogens with zero attached hydrogens (tertiary/aromatic N) is 3. The third kappa shape index (κ3) is 7.84. The number of hydrogen-bond acceptors (Lipinski definition) is 11. The molecule has 0 N–H and O–H groups in total. The number of amides is 1. The van der Waals surface area contributed by atoms with Gasteiger partial charge in [-0.2, -0.15) is 0 Å². The van der Waals surface area contributed by atoms with Gasteiger partial charge in [0.15, 0.2) is 11.5 Å². The Morgan fingerprint density at radius 3 is 2.24 bits per heavy atom. The Bertz CT molecular complexity index is 1410. The van der Waals surface area contributed by atoms with Crippen molar-refractivity contribution < 1.29 is 42.8 Å². The molecule has 5 rings (SSSR count). The highest BCUT2D eigenvalue weighted by Crippen LogP contribution is 2.39. The Morgan fingerprint density at radius 1 is 0.783 bits per heavy atom. The number of hydrogen-bond donors (Lipinski definition) is 0. The molecular formula is C34H45N3O9. The smallest absolute Gasteiger partial charge is 0.338 e. The molecule has 12 heteroatoms. The van der Waals surface area contributed by atoms with Crippen molar-refractivity contribution in [3.63, 3.8) is 0 Å². The van der Waals surface area contributed by atoms with Gasteiger partial charge in [0, 0.05) is 38.8 Å². The van der Waals surface area contributed by atoms with E-state index in [1.165, 1.54) is 21.3 Å². The third-order valence-corrected chi connectivity index (χ3v) is 8.89. The van der Waals surface area contributed by atoms with Gasteiger partial charge < -0.3 is 43.1 Å². The van der Waals surface area contributed by atoms with E-state index >= 15 is 0 Å². The summed E-state index contributed by atoms with van der Waals surface area (Å²) in [7, 11) is 6.25. The number of likely N-dealkylation sites (N-methyl/N-ethyl adjacent to an activating group) is 1. The Morgan fingerprint density at radius 2 is 1.50 bits per heavy atom. The minimum absolute atomic E-state index is 0.0500. The van der Waals surface area contributed by atoms with Gasteiger partial charge in [0.05, 0.1) is 57.8 Å². The van der Waals surface area contributed by atoms with Gasteiger partial charge in [0.2, 0.25) is 11.7 Å². The van der Waals surface area contributed by atoms with E-state index in [1.807, 2.05) is 0 Å². The predicted octanol–water partition coefficient (Wildman–Crippen LogP) is 3.57. The van der Waals surface area contributed by atoms with Gasteiger partial charge in [-0.25, -0.2) is 9.59 Å². The molecule has 0 radical (unpaired) electrons. The number of cyclic esters (lactones) is 1. The fraction of sp³-hybridized carbons (Fsp3) is 0.559. The van der Waals surface area contributed by atoms with Gasteiger partial charge in [0.1, 0.15) is 11.9 Å². The first-order valence-electron chi connectivity index (χ1n) is 16.0. The molecule has 3 atom stereocenters. The fourth-order valence-corrected chi connectivity index (χ4v) is 6.28. The summed E-state index contributed by atoms with van der Waals surface area (Å²) in [6.45, 7) is 6.03. The van der Waals surface area contributed by atoms with Crippen LogP contribution in [0.4, 0.5) is 5.69 Å². The van der Waals surface area contributed by atoms with Crippen LogP contribution in [0.25, 0.3) is 0 Å². The van der Waals surface area contributed by atoms with Gasteiger partial charge in [0.25, 0.3) is 0 Å². The van der Waals surface area contributed by atoms with E-state index < -0.39 is 11.9 Å². The molecule has 46 heavy (non-hydrogen) atoms. The van der Waals surface area contributed by atoms with Gasteiger partial charge >= 0.3 is 11.9 Å². The average Bonchev–Trinajstić information content (AvgIpc) is 3.20. The van der Waals surface area contributed by atoms with Crippen LogP contribution in [0, 0.1) is 0 Å². The zero-order valence-electron chi connectivity index (χ0n) is 27.3. The molecule has 2 aromatic rings. The minimum Gasteiger partial charge on any atom is -0.496 e. The van der Waals surface area contributed by atoms with Crippen molar-refractivity contribution in [2.45, 2.75) is 44.6 Å². The largest absolute Gasteiger partial charge is 0.496 e. The molecule has 12 nitrogen and oxygen atoms in total. The molecule has 0 saturated carbocycles. The number of ether oxygens (including phenoxy) is 6. The lowest BCUT2D eigenvalue weighted by molar-refractivity contribution is -0.117. The predicted molar refractivity (Wildman–Crippen MR) is 171 cm³/mol. The highest BCUT2D eigenvalue weighted by Gasteiger charge is 2.30. The van der Waals surface area contributed by atoms with Gasteiger partial charge in [-0.3, -0.25) is 4.79 Å². The Hall–Kier alpha value is -4.03. The lowest BCUT2D eigenvalue weighted by atomic mass is 10.1. The number of anilines is 1. The Balaban J connectivity index is 1.35. The lowest BCUT2D eigenvalue weighted by Gasteiger charge is -2.25. The molecule has 3 unspecified atom stereocenters. The summed E-state index contributed by atoms with van der Waals surface area (Å²) in [4.78, 5) is 45.2. The van der Waals surface area contributed by atoms with Crippen molar-refractivity contribution in [1.29, 1.82) is 0 Å². The van der Waals surface area contributed by atoms with Crippen LogP contribution in [0.15, 0.2) is 24.3 Å². The zero-order chi connectivity index (χ0) is 32.6. The van der Waals surface area contributed by atoms with Crippen LogP contribution in [-0.2, 0) is 20.7 Å². The van der Waals surface area contributed by atoms with Crippen molar-refractivity contribution >= 4 is 23.5 Å². The second kappa shape index (κ2) is 15.5. The standard InChI is InChI=1S/C34H45N3O9/c1-35-27-18-23(19-28(41-2)26(27)22-31(35)38)34(40)46-25-8-5-16-44-30-21-24(20-29(42-3)32(30)43-4)33(39)45-17-7-12-36-10-6-11-37(13-9-25)15-14-36/h18-21,25H,5-17,22H2,1-4H3. The third-order valence-electron chi connectivity index (χ3n) is 8.89. The van der Waals surface area contributed by atoms with E-state index in [9.17, 15) is 14.4 Å². The first kappa shape index (κ1) is 33.3. The maximum absolute atomic E-state index is 13.5. The van der Waals surface area contributed by atoms with Crippen LogP contribution in [0.1, 0.15) is 58.4 Å². The molecule has 0 spiro atoms. The summed E-state index contributed by atoms with van der Waals surface area (Å²) >= 11 is 0. The van der Waals surface area contributed by atoms with Crippen LogP contribution in [-0.4, -0.2) is 115 Å². The molecule has 3 heterocycles. The number of esters is 2. The van der Waals surface area contributed by atoms with Crippen molar-refractivity contribution in [3.8, 4) is 23.0 Å². The van der Waals surface area contributed by atoms with E-state index in [0.29, 0.717) is 72.3 Å². The first-order valence-corrected chi connectivity index (χ1v) is 16.0. The minimum atomic E-state index is -0.460. The highest BCUT2D eigenvalue weighted by atomic mass is 16.5. The summed E-state index contributed by atoms with van der Waals surface area (Å²) < 4.78 is 34.4. The van der Waals surface area contributed by atoms with E-state index in [2.05, 4.69) is 9.80 Å². The molecule has 1 saturated heterocycles. The van der Waals surface area contributed by atoms with E-state index in [4.69, 9.17) is 28.4 Å². The van der Waals surface area contributed by atoms with Crippen molar-refractivity contribution in [3.05, 3.63) is 41.0 Å². The summed E-state index contributed by atoms with van der Waals surface area (Å²) in [6, 6.07) is 6.57. The molecule has 4 bridgehead atoms. The summed E-state index contributed by atoms with van der Waals surface area (Å²) in [5, 5.41) is 0. The topological polar surface area (TPSA) is 116 Å². The highest BCUT2D eigenvalue weighted by molar-refractivity contribution is 6.04. The van der Waals surface area contributed by atoms with Gasteiger partial charge in [-0.05, 0) is 69.5 Å². The quantitative estimate of drug-likeness (QED) is 0.447. The van der Waals surface area contributed by atoms with E-state index in [1.54, 1.807) is 36.2 Å². The zero-order valence-corrected chi connectivity index (χ0v) is 27.3. The second-order valence-electron chi connectivity index (χ2n) is 11.8. The van der Waals surface area contributed by atoms with Crippen molar-refractivity contribution in [2.24, 2.45) is 0 Å². The summed E-state index contributed by atoms with van der Waals surface area (Å²) in [5.41, 5.74) is 2.10. The molecule has 3 aliphatic heterocycles.